The van der Waals surface area contributed by atoms with Crippen LogP contribution >= 0.6 is 0 Å². The van der Waals surface area contributed by atoms with Gasteiger partial charge in [0.1, 0.15) is 11.6 Å². The van der Waals surface area contributed by atoms with Crippen LogP contribution in [-0.4, -0.2) is 27.5 Å². The first-order chi connectivity index (χ1) is 10.5. The summed E-state index contributed by atoms with van der Waals surface area (Å²) in [7, 11) is 0. The molecule has 0 aliphatic heterocycles. The van der Waals surface area contributed by atoms with Gasteiger partial charge in [0.15, 0.2) is 5.69 Å². The van der Waals surface area contributed by atoms with E-state index in [1.165, 1.54) is 29.3 Å². The molecule has 2 aromatic rings. The summed E-state index contributed by atoms with van der Waals surface area (Å²) < 4.78 is 33.4. The Bertz CT molecular complexity index is 691. The minimum absolute atomic E-state index is 0.178. The predicted molar refractivity (Wildman–Crippen MR) is 75.3 cm³/mol. The highest BCUT2D eigenvalue weighted by atomic mass is 19.1. The second kappa shape index (κ2) is 6.84. The highest BCUT2D eigenvalue weighted by Gasteiger charge is 2.16. The van der Waals surface area contributed by atoms with Crippen molar-refractivity contribution in [3.05, 3.63) is 59.1 Å². The third kappa shape index (κ3) is 3.49. The summed E-state index contributed by atoms with van der Waals surface area (Å²) in [5.41, 5.74) is -0.104. The van der Waals surface area contributed by atoms with Gasteiger partial charge in [-0.2, -0.15) is 5.10 Å². The molecule has 7 heteroatoms. The van der Waals surface area contributed by atoms with Crippen LogP contribution in [0.15, 0.2) is 30.7 Å². The Morgan fingerprint density at radius 3 is 2.68 bits per heavy atom. The number of nitrogens with zero attached hydrogens (tertiary/aromatic N) is 2. The number of rotatable bonds is 6. The number of carboxylic acid groups (broad SMARTS) is 1. The van der Waals surface area contributed by atoms with E-state index in [0.717, 1.165) is 12.1 Å². The summed E-state index contributed by atoms with van der Waals surface area (Å²) in [6.07, 6.45) is 4.18. The molecule has 0 bridgehead atoms. The maximum Gasteiger partial charge on any atom is 0.357 e. The van der Waals surface area contributed by atoms with E-state index in [1.54, 1.807) is 6.92 Å². The minimum Gasteiger partial charge on any atom is -0.501 e. The molecule has 0 radical (unpaired) electrons. The van der Waals surface area contributed by atoms with Gasteiger partial charge in [-0.1, -0.05) is 6.07 Å². The molecule has 5 nitrogen and oxygen atoms in total. The van der Waals surface area contributed by atoms with Gasteiger partial charge in [0.05, 0.1) is 19.4 Å². The third-order valence-electron chi connectivity index (χ3n) is 2.88. The lowest BCUT2D eigenvalue weighted by Crippen LogP contribution is -2.07. The van der Waals surface area contributed by atoms with Crippen molar-refractivity contribution in [2.45, 2.75) is 13.5 Å². The first kappa shape index (κ1) is 15.7. The molecule has 0 fully saturated rings. The molecular weight excluding hydrogens is 294 g/mol. The van der Waals surface area contributed by atoms with E-state index < -0.39 is 17.6 Å². The van der Waals surface area contributed by atoms with Crippen LogP contribution in [0.25, 0.3) is 6.08 Å². The molecule has 0 amide bonds. The number of aromatic nitrogens is 2. The lowest BCUT2D eigenvalue weighted by molar-refractivity contribution is 0.0689. The average molecular weight is 308 g/mol. The maximum absolute atomic E-state index is 13.6. The number of hydrogen-bond donors (Lipinski definition) is 1. The summed E-state index contributed by atoms with van der Waals surface area (Å²) in [4.78, 5) is 11.2. The number of ether oxygens (including phenoxy) is 1. The zero-order valence-corrected chi connectivity index (χ0v) is 11.8. The van der Waals surface area contributed by atoms with Gasteiger partial charge in [0.25, 0.3) is 0 Å². The van der Waals surface area contributed by atoms with Crippen molar-refractivity contribution in [3.8, 4) is 0 Å². The number of carbonyl (C=O) groups is 1. The maximum atomic E-state index is 13.6. The zero-order chi connectivity index (χ0) is 16.1. The molecule has 1 heterocycles. The molecule has 22 heavy (non-hydrogen) atoms. The second-order valence-electron chi connectivity index (χ2n) is 4.39. The highest BCUT2D eigenvalue weighted by Crippen LogP contribution is 2.16. The molecule has 116 valence electrons. The molecule has 0 unspecified atom stereocenters. The van der Waals surface area contributed by atoms with Crippen LogP contribution in [0.1, 0.15) is 28.5 Å². The Hall–Kier alpha value is -2.70. The molecule has 1 aromatic carbocycles. The molecule has 0 aliphatic carbocycles. The molecule has 1 N–H and O–H groups in total. The van der Waals surface area contributed by atoms with Crippen molar-refractivity contribution in [3.63, 3.8) is 0 Å². The van der Waals surface area contributed by atoms with Crippen LogP contribution in [0, 0.1) is 11.6 Å². The summed E-state index contributed by atoms with van der Waals surface area (Å²) in [6, 6.07) is 3.53. The van der Waals surface area contributed by atoms with Gasteiger partial charge >= 0.3 is 5.97 Å². The van der Waals surface area contributed by atoms with Crippen molar-refractivity contribution in [1.82, 2.24) is 9.78 Å². The number of carboxylic acids is 1. The van der Waals surface area contributed by atoms with Gasteiger partial charge in [-0.3, -0.25) is 4.68 Å². The second-order valence-corrected chi connectivity index (χ2v) is 4.39. The van der Waals surface area contributed by atoms with E-state index in [1.807, 2.05) is 0 Å². The topological polar surface area (TPSA) is 64.4 Å². The Morgan fingerprint density at radius 1 is 1.41 bits per heavy atom. The molecule has 0 saturated carbocycles. The number of aromatic carboxylic acids is 1. The number of halogens is 2. The van der Waals surface area contributed by atoms with E-state index in [4.69, 9.17) is 9.84 Å². The lowest BCUT2D eigenvalue weighted by Gasteiger charge is -2.04. The smallest absolute Gasteiger partial charge is 0.357 e. The van der Waals surface area contributed by atoms with Crippen LogP contribution in [0.4, 0.5) is 8.78 Å². The fourth-order valence-electron chi connectivity index (χ4n) is 1.87. The monoisotopic (exact) mass is 308 g/mol. The van der Waals surface area contributed by atoms with Gasteiger partial charge in [-0.25, -0.2) is 13.6 Å². The fourth-order valence-corrected chi connectivity index (χ4v) is 1.87. The van der Waals surface area contributed by atoms with Gasteiger partial charge in [0.2, 0.25) is 0 Å². The Balaban J connectivity index is 2.32. The summed E-state index contributed by atoms with van der Waals surface area (Å²) in [6.45, 7) is 2.02. The summed E-state index contributed by atoms with van der Waals surface area (Å²) in [5.74, 6) is -2.65. The van der Waals surface area contributed by atoms with Crippen LogP contribution in [-0.2, 0) is 11.3 Å². The van der Waals surface area contributed by atoms with Crippen molar-refractivity contribution < 1.29 is 23.4 Å². The largest absolute Gasteiger partial charge is 0.501 e. The van der Waals surface area contributed by atoms with Gasteiger partial charge in [-0.15, -0.1) is 0 Å². The van der Waals surface area contributed by atoms with Crippen molar-refractivity contribution in [2.24, 2.45) is 0 Å². The number of hydrogen-bond acceptors (Lipinski definition) is 3. The molecule has 0 spiro atoms. The van der Waals surface area contributed by atoms with Crippen molar-refractivity contribution in [1.29, 1.82) is 0 Å². The zero-order valence-electron chi connectivity index (χ0n) is 11.8. The van der Waals surface area contributed by atoms with Crippen molar-refractivity contribution in [2.75, 3.05) is 6.61 Å². The molecular formula is C15H14F2N2O3. The van der Waals surface area contributed by atoms with E-state index >= 15 is 0 Å². The number of benzene rings is 1. The Morgan fingerprint density at radius 2 is 2.09 bits per heavy atom. The fraction of sp³-hybridized carbons (Fsp3) is 0.200. The van der Waals surface area contributed by atoms with E-state index in [2.05, 4.69) is 5.10 Å². The highest BCUT2D eigenvalue weighted by molar-refractivity contribution is 5.89. The standard InChI is InChI=1S/C15H14F2N2O3/c1-2-22-7-6-10-8-19(18-14(10)15(20)21)9-11-12(16)4-3-5-13(11)17/h3-8H,2,9H2,1H3,(H,20,21)/b7-6+. The van der Waals surface area contributed by atoms with Gasteiger partial charge < -0.3 is 9.84 Å². The molecule has 0 aliphatic rings. The molecule has 0 atom stereocenters. The molecule has 1 aromatic heterocycles. The summed E-state index contributed by atoms with van der Waals surface area (Å²) >= 11 is 0. The molecule has 2 rings (SSSR count). The third-order valence-corrected chi connectivity index (χ3v) is 2.88. The Labute approximate surface area is 125 Å². The molecule has 0 saturated heterocycles. The van der Waals surface area contributed by atoms with Crippen LogP contribution < -0.4 is 0 Å². The lowest BCUT2D eigenvalue weighted by atomic mass is 10.2. The van der Waals surface area contributed by atoms with E-state index in [0.29, 0.717) is 6.61 Å². The summed E-state index contributed by atoms with van der Waals surface area (Å²) in [5, 5.41) is 13.0. The first-order valence-electron chi connectivity index (χ1n) is 6.54. The average Bonchev–Trinajstić information content (AvgIpc) is 2.87. The first-order valence-corrected chi connectivity index (χ1v) is 6.54. The predicted octanol–water partition coefficient (Wildman–Crippen LogP) is 2.92. The van der Waals surface area contributed by atoms with E-state index in [-0.39, 0.29) is 23.4 Å². The SMILES string of the molecule is CCO/C=C/c1cn(Cc2c(F)cccc2F)nc1C(=O)O. The Kier molecular flexibility index (Phi) is 4.88. The van der Waals surface area contributed by atoms with Crippen LogP contribution in [0.3, 0.4) is 0 Å². The normalized spacial score (nSPS) is 11.0. The van der Waals surface area contributed by atoms with Crippen LogP contribution in [0.5, 0.6) is 0 Å². The van der Waals surface area contributed by atoms with Crippen molar-refractivity contribution >= 4 is 12.0 Å². The van der Waals surface area contributed by atoms with E-state index in [9.17, 15) is 13.6 Å². The minimum atomic E-state index is -1.23. The van der Waals surface area contributed by atoms with Gasteiger partial charge in [0, 0.05) is 17.3 Å². The quantitative estimate of drug-likeness (QED) is 0.833. The van der Waals surface area contributed by atoms with Crippen LogP contribution in [0.2, 0.25) is 0 Å². The van der Waals surface area contributed by atoms with Gasteiger partial charge in [-0.05, 0) is 25.1 Å².